The van der Waals surface area contributed by atoms with E-state index in [4.69, 9.17) is 23.2 Å². The number of rotatable bonds is 3. The summed E-state index contributed by atoms with van der Waals surface area (Å²) < 4.78 is 3.70. The lowest BCUT2D eigenvalue weighted by atomic mass is 10.1. The van der Waals surface area contributed by atoms with Crippen molar-refractivity contribution in [2.45, 2.75) is 12.3 Å². The Balaban J connectivity index is 1.68. The Hall–Kier alpha value is -1.17. The molecule has 19 heavy (non-hydrogen) atoms. The minimum atomic E-state index is -0.0309. The van der Waals surface area contributed by atoms with Crippen LogP contribution in [-0.4, -0.2) is 15.5 Å². The number of nitrogens with one attached hydrogen (secondary N) is 1. The predicted molar refractivity (Wildman–Crippen MR) is 75.8 cm³/mol. The van der Waals surface area contributed by atoms with Crippen molar-refractivity contribution >= 4 is 45.6 Å². The van der Waals surface area contributed by atoms with Crippen molar-refractivity contribution < 1.29 is 4.79 Å². The highest BCUT2D eigenvalue weighted by molar-refractivity contribution is 7.10. The lowest BCUT2D eigenvalue weighted by Crippen LogP contribution is -2.13. The van der Waals surface area contributed by atoms with Crippen LogP contribution >= 0.6 is 34.7 Å². The molecule has 1 aliphatic carbocycles. The second kappa shape index (κ2) is 5.07. The van der Waals surface area contributed by atoms with Crippen molar-refractivity contribution in [3.63, 3.8) is 0 Å². The summed E-state index contributed by atoms with van der Waals surface area (Å²) in [5.41, 5.74) is 1.01. The Morgan fingerprint density at radius 3 is 2.68 bits per heavy atom. The van der Waals surface area contributed by atoms with Crippen molar-refractivity contribution in [1.29, 1.82) is 0 Å². The van der Waals surface area contributed by atoms with E-state index in [0.717, 1.165) is 23.5 Å². The molecule has 0 saturated heterocycles. The van der Waals surface area contributed by atoms with Gasteiger partial charge in [0.2, 0.25) is 5.91 Å². The Morgan fingerprint density at radius 2 is 2.05 bits per heavy atom. The van der Waals surface area contributed by atoms with E-state index >= 15 is 0 Å². The molecule has 4 nitrogen and oxygen atoms in total. The highest BCUT2D eigenvalue weighted by Gasteiger charge is 2.44. The summed E-state index contributed by atoms with van der Waals surface area (Å²) in [6.07, 6.45) is 2.35. The van der Waals surface area contributed by atoms with Crippen LogP contribution < -0.4 is 5.32 Å². The SMILES string of the molecule is O=C(Nc1cnns1)[C@H]1C[C@@H]1c1cc(Cl)cc(Cl)c1. The largest absolute Gasteiger partial charge is 0.315 e. The molecule has 2 aromatic rings. The van der Waals surface area contributed by atoms with Gasteiger partial charge in [-0.2, -0.15) is 0 Å². The molecule has 3 rings (SSSR count). The molecule has 0 unspecified atom stereocenters. The Morgan fingerprint density at radius 1 is 1.32 bits per heavy atom. The Bertz CT molecular complexity index is 597. The number of anilines is 1. The number of carbonyl (C=O) groups excluding carboxylic acids is 1. The lowest BCUT2D eigenvalue weighted by Gasteiger charge is -2.03. The summed E-state index contributed by atoms with van der Waals surface area (Å²) in [5, 5.41) is 8.34. The molecule has 0 bridgehead atoms. The number of nitrogens with zero attached hydrogens (tertiary/aromatic N) is 2. The van der Waals surface area contributed by atoms with Crippen molar-refractivity contribution in [2.24, 2.45) is 5.92 Å². The molecule has 0 aliphatic heterocycles. The summed E-state index contributed by atoms with van der Waals surface area (Å²) in [6, 6.07) is 5.41. The zero-order valence-corrected chi connectivity index (χ0v) is 12.0. The zero-order valence-electron chi connectivity index (χ0n) is 9.64. The van der Waals surface area contributed by atoms with Crippen LogP contribution in [0.25, 0.3) is 0 Å². The summed E-state index contributed by atoms with van der Waals surface area (Å²) in [7, 11) is 0. The minimum absolute atomic E-state index is 0.00727. The van der Waals surface area contributed by atoms with Crippen molar-refractivity contribution in [2.75, 3.05) is 5.32 Å². The Kier molecular flexibility index (Phi) is 3.43. The maximum Gasteiger partial charge on any atom is 0.228 e. The van der Waals surface area contributed by atoms with Gasteiger partial charge in [0.1, 0.15) is 5.00 Å². The molecule has 1 heterocycles. The van der Waals surface area contributed by atoms with E-state index in [9.17, 15) is 4.79 Å². The number of benzene rings is 1. The molecule has 0 radical (unpaired) electrons. The monoisotopic (exact) mass is 313 g/mol. The molecular formula is C12H9Cl2N3OS. The minimum Gasteiger partial charge on any atom is -0.315 e. The maximum absolute atomic E-state index is 12.0. The van der Waals surface area contributed by atoms with Crippen molar-refractivity contribution in [3.05, 3.63) is 40.0 Å². The van der Waals surface area contributed by atoms with Crippen LogP contribution in [0.4, 0.5) is 5.00 Å². The van der Waals surface area contributed by atoms with Gasteiger partial charge < -0.3 is 5.32 Å². The Labute approximate surface area is 123 Å². The predicted octanol–water partition coefficient (Wildman–Crippen LogP) is 3.59. The van der Waals surface area contributed by atoms with Gasteiger partial charge in [-0.15, -0.1) is 5.10 Å². The molecule has 2 atom stereocenters. The van der Waals surface area contributed by atoms with Gasteiger partial charge in [0, 0.05) is 27.5 Å². The van der Waals surface area contributed by atoms with E-state index < -0.39 is 0 Å². The van der Waals surface area contributed by atoms with Gasteiger partial charge in [0.05, 0.1) is 6.20 Å². The third-order valence-electron chi connectivity index (χ3n) is 3.05. The number of hydrogen-bond donors (Lipinski definition) is 1. The van der Waals surface area contributed by atoms with Gasteiger partial charge >= 0.3 is 0 Å². The first-order valence-electron chi connectivity index (χ1n) is 5.67. The smallest absolute Gasteiger partial charge is 0.228 e. The zero-order chi connectivity index (χ0) is 13.4. The third-order valence-corrected chi connectivity index (χ3v) is 4.06. The van der Waals surface area contributed by atoms with E-state index in [1.807, 2.05) is 12.1 Å². The van der Waals surface area contributed by atoms with Crippen LogP contribution in [0.3, 0.4) is 0 Å². The molecular weight excluding hydrogens is 305 g/mol. The van der Waals surface area contributed by atoms with Gasteiger partial charge in [-0.25, -0.2) is 0 Å². The van der Waals surface area contributed by atoms with Gasteiger partial charge in [-0.1, -0.05) is 27.7 Å². The molecule has 1 aromatic carbocycles. The normalized spacial score (nSPS) is 21.2. The van der Waals surface area contributed by atoms with Gasteiger partial charge in [-0.05, 0) is 36.1 Å². The van der Waals surface area contributed by atoms with Gasteiger partial charge in [0.25, 0.3) is 0 Å². The summed E-state index contributed by atoms with van der Waals surface area (Å²) in [6.45, 7) is 0. The highest BCUT2D eigenvalue weighted by atomic mass is 35.5. The number of hydrogen-bond acceptors (Lipinski definition) is 4. The van der Waals surface area contributed by atoms with Gasteiger partial charge in [-0.3, -0.25) is 4.79 Å². The molecule has 1 amide bonds. The van der Waals surface area contributed by atoms with Crippen LogP contribution in [0.5, 0.6) is 0 Å². The van der Waals surface area contributed by atoms with E-state index in [1.165, 1.54) is 6.20 Å². The van der Waals surface area contributed by atoms with E-state index in [-0.39, 0.29) is 17.7 Å². The number of carbonyl (C=O) groups is 1. The number of halogens is 2. The first-order valence-corrected chi connectivity index (χ1v) is 7.20. The quantitative estimate of drug-likeness (QED) is 0.942. The lowest BCUT2D eigenvalue weighted by molar-refractivity contribution is -0.117. The molecule has 7 heteroatoms. The standard InChI is InChI=1S/C12H9Cl2N3OS/c13-7-1-6(2-8(14)3-7)9-4-10(9)12(18)16-11-5-15-17-19-11/h1-3,5,9-10H,4H2,(H,16,18)/t9-,10+/m1/s1. The number of amides is 1. The molecule has 98 valence electrons. The molecule has 1 aliphatic rings. The van der Waals surface area contributed by atoms with Gasteiger partial charge in [0.15, 0.2) is 0 Å². The van der Waals surface area contributed by atoms with Crippen molar-refractivity contribution in [1.82, 2.24) is 9.59 Å². The van der Waals surface area contributed by atoms with E-state index in [0.29, 0.717) is 15.0 Å². The highest BCUT2D eigenvalue weighted by Crippen LogP contribution is 2.49. The summed E-state index contributed by atoms with van der Waals surface area (Å²) in [4.78, 5) is 12.0. The molecule has 1 saturated carbocycles. The van der Waals surface area contributed by atoms with Crippen LogP contribution in [0.2, 0.25) is 10.0 Å². The van der Waals surface area contributed by atoms with Crippen molar-refractivity contribution in [3.8, 4) is 0 Å². The molecule has 1 aromatic heterocycles. The average molecular weight is 314 g/mol. The first kappa shape index (κ1) is 12.8. The molecule has 0 spiro atoms. The topological polar surface area (TPSA) is 54.9 Å². The fourth-order valence-electron chi connectivity index (χ4n) is 2.08. The maximum atomic E-state index is 12.0. The summed E-state index contributed by atoms with van der Waals surface area (Å²) in [5.74, 6) is 0.154. The van der Waals surface area contributed by atoms with E-state index in [2.05, 4.69) is 14.9 Å². The second-order valence-electron chi connectivity index (χ2n) is 4.42. The van der Waals surface area contributed by atoms with Crippen LogP contribution in [0, 0.1) is 5.92 Å². The van der Waals surface area contributed by atoms with Crippen LogP contribution in [-0.2, 0) is 4.79 Å². The molecule has 1 fully saturated rings. The van der Waals surface area contributed by atoms with E-state index in [1.54, 1.807) is 6.07 Å². The third kappa shape index (κ3) is 2.88. The fraction of sp³-hybridized carbons (Fsp3) is 0.250. The first-order chi connectivity index (χ1) is 9.13. The summed E-state index contributed by atoms with van der Waals surface area (Å²) >= 11 is 13.1. The average Bonchev–Trinajstić information content (AvgIpc) is 3.00. The van der Waals surface area contributed by atoms with Crippen LogP contribution in [0.1, 0.15) is 17.9 Å². The molecule has 1 N–H and O–H groups in total. The second-order valence-corrected chi connectivity index (χ2v) is 6.08. The van der Waals surface area contributed by atoms with Crippen LogP contribution in [0.15, 0.2) is 24.4 Å². The fourth-order valence-corrected chi connectivity index (χ4v) is 3.04. The number of aromatic nitrogens is 2.